The van der Waals surface area contributed by atoms with Crippen LogP contribution in [0.15, 0.2) is 67.2 Å². The van der Waals surface area contributed by atoms with Gasteiger partial charge in [-0.15, -0.1) is 0 Å². The number of alkyl halides is 2. The fraction of sp³-hybridized carbons (Fsp3) is 0.227. The van der Waals surface area contributed by atoms with Crippen LogP contribution in [-0.2, 0) is 12.8 Å². The number of hydrogen-bond donors (Lipinski definition) is 1. The van der Waals surface area contributed by atoms with Crippen molar-refractivity contribution in [1.82, 2.24) is 15.1 Å². The molecule has 3 rings (SSSR count). The average molecular weight is 367 g/mol. The van der Waals surface area contributed by atoms with Gasteiger partial charge < -0.3 is 5.32 Å². The summed E-state index contributed by atoms with van der Waals surface area (Å²) in [5, 5.41) is 7.35. The van der Waals surface area contributed by atoms with Gasteiger partial charge in [0, 0.05) is 6.54 Å². The Morgan fingerprint density at radius 1 is 1.07 bits per heavy atom. The van der Waals surface area contributed by atoms with Crippen molar-refractivity contribution in [2.45, 2.75) is 26.2 Å². The molecule has 0 radical (unpaired) electrons. The summed E-state index contributed by atoms with van der Waals surface area (Å²) in [6.45, 7) is 6.75. The highest BCUT2D eigenvalue weighted by Crippen LogP contribution is 2.24. The van der Waals surface area contributed by atoms with E-state index >= 15 is 0 Å². The molecule has 0 saturated heterocycles. The van der Waals surface area contributed by atoms with Crippen LogP contribution in [0.1, 0.15) is 35.9 Å². The van der Waals surface area contributed by atoms with Crippen LogP contribution in [0, 0.1) is 0 Å². The van der Waals surface area contributed by atoms with Crippen LogP contribution in [0.25, 0.3) is 11.4 Å². The van der Waals surface area contributed by atoms with Gasteiger partial charge in [0.2, 0.25) is 0 Å². The predicted octanol–water partition coefficient (Wildman–Crippen LogP) is 5.18. The summed E-state index contributed by atoms with van der Waals surface area (Å²) in [5.74, 6) is 0. The summed E-state index contributed by atoms with van der Waals surface area (Å²) < 4.78 is 28.0. The molecule has 1 aromatic heterocycles. The van der Waals surface area contributed by atoms with Gasteiger partial charge in [0.1, 0.15) is 5.69 Å². The lowest BCUT2D eigenvalue weighted by Crippen LogP contribution is -2.17. The topological polar surface area (TPSA) is 29.9 Å². The van der Waals surface area contributed by atoms with Gasteiger partial charge in [-0.1, -0.05) is 56.0 Å². The molecule has 0 unspecified atom stereocenters. The Morgan fingerprint density at radius 3 is 2.52 bits per heavy atom. The van der Waals surface area contributed by atoms with E-state index < -0.39 is 6.43 Å². The van der Waals surface area contributed by atoms with Crippen LogP contribution in [0.2, 0.25) is 0 Å². The van der Waals surface area contributed by atoms with Crippen LogP contribution in [0.5, 0.6) is 0 Å². The average Bonchev–Trinajstić information content (AvgIpc) is 3.15. The number of benzene rings is 2. The Labute approximate surface area is 158 Å². The minimum atomic E-state index is -2.63. The largest absolute Gasteiger partial charge is 0.383 e. The van der Waals surface area contributed by atoms with Gasteiger partial charge in [-0.05, 0) is 42.2 Å². The van der Waals surface area contributed by atoms with Gasteiger partial charge in [-0.25, -0.2) is 13.5 Å². The van der Waals surface area contributed by atoms with Gasteiger partial charge in [-0.2, -0.15) is 5.10 Å². The molecule has 5 heteroatoms. The molecule has 0 atom stereocenters. The van der Waals surface area contributed by atoms with Gasteiger partial charge in [0.15, 0.2) is 0 Å². The third-order valence-electron chi connectivity index (χ3n) is 4.42. The Bertz CT molecular complexity index is 901. The van der Waals surface area contributed by atoms with Crippen LogP contribution in [0.4, 0.5) is 8.78 Å². The number of halogens is 2. The minimum absolute atomic E-state index is 0.252. The van der Waals surface area contributed by atoms with Crippen molar-refractivity contribution in [3.63, 3.8) is 0 Å². The van der Waals surface area contributed by atoms with E-state index in [-0.39, 0.29) is 5.69 Å². The highest BCUT2D eigenvalue weighted by atomic mass is 19.3. The lowest BCUT2D eigenvalue weighted by molar-refractivity contribution is 0.145. The van der Waals surface area contributed by atoms with Crippen LogP contribution < -0.4 is 5.32 Å². The Hall–Kier alpha value is -2.95. The van der Waals surface area contributed by atoms with Crippen LogP contribution in [0.3, 0.4) is 0 Å². The molecule has 27 heavy (non-hydrogen) atoms. The standard InChI is InChI=1S/C22H23F2N3/c1-3-17-10-7-11-19(14-17)27-21(15-20(26-27)22(23)24)16(2)25-13-12-18-8-5-4-6-9-18/h4-11,14-15,22,25H,2-3,12-13H2,1H3. The summed E-state index contributed by atoms with van der Waals surface area (Å²) in [6.07, 6.45) is -0.944. The van der Waals surface area contributed by atoms with Gasteiger partial charge in [0.25, 0.3) is 6.43 Å². The molecule has 1 heterocycles. The molecule has 3 nitrogen and oxygen atoms in total. The molecule has 0 fully saturated rings. The molecule has 140 valence electrons. The number of nitrogens with zero attached hydrogens (tertiary/aromatic N) is 2. The summed E-state index contributed by atoms with van der Waals surface area (Å²) in [4.78, 5) is 0. The minimum Gasteiger partial charge on any atom is -0.383 e. The maximum atomic E-state index is 13.2. The Kier molecular flexibility index (Phi) is 6.01. The second-order valence-electron chi connectivity index (χ2n) is 6.33. The smallest absolute Gasteiger partial charge is 0.282 e. The highest BCUT2D eigenvalue weighted by Gasteiger charge is 2.18. The van der Waals surface area contributed by atoms with E-state index in [1.54, 1.807) is 4.68 Å². The second-order valence-corrected chi connectivity index (χ2v) is 6.33. The second kappa shape index (κ2) is 8.62. The summed E-state index contributed by atoms with van der Waals surface area (Å²) in [5.41, 5.74) is 3.95. The van der Waals surface area contributed by atoms with Gasteiger partial charge in [0.05, 0.1) is 17.1 Å². The molecular formula is C22H23F2N3. The van der Waals surface area contributed by atoms with Crippen molar-refractivity contribution in [3.8, 4) is 5.69 Å². The molecular weight excluding hydrogens is 344 g/mol. The zero-order chi connectivity index (χ0) is 19.2. The fourth-order valence-corrected chi connectivity index (χ4v) is 2.92. The van der Waals surface area contributed by atoms with E-state index in [1.807, 2.05) is 42.5 Å². The van der Waals surface area contributed by atoms with Crippen molar-refractivity contribution in [3.05, 3.63) is 89.8 Å². The molecule has 0 amide bonds. The monoisotopic (exact) mass is 367 g/mol. The maximum Gasteiger partial charge on any atom is 0.282 e. The maximum absolute atomic E-state index is 13.2. The molecule has 0 aliphatic rings. The zero-order valence-corrected chi connectivity index (χ0v) is 15.3. The number of nitrogens with one attached hydrogen (secondary N) is 1. The van der Waals surface area contributed by atoms with Crippen molar-refractivity contribution in [2.75, 3.05) is 6.54 Å². The van der Waals surface area contributed by atoms with E-state index in [4.69, 9.17) is 0 Å². The molecule has 0 spiro atoms. The normalized spacial score (nSPS) is 11.0. The first-order chi connectivity index (χ1) is 13.1. The Morgan fingerprint density at radius 2 is 1.81 bits per heavy atom. The van der Waals surface area contributed by atoms with E-state index in [9.17, 15) is 8.78 Å². The van der Waals surface area contributed by atoms with Gasteiger partial charge >= 0.3 is 0 Å². The molecule has 3 aromatic rings. The fourth-order valence-electron chi connectivity index (χ4n) is 2.92. The van der Waals surface area contributed by atoms with Gasteiger partial charge in [-0.3, -0.25) is 0 Å². The number of hydrogen-bond acceptors (Lipinski definition) is 2. The van der Waals surface area contributed by atoms with Crippen molar-refractivity contribution in [1.29, 1.82) is 0 Å². The molecule has 2 aromatic carbocycles. The van der Waals surface area contributed by atoms with Crippen LogP contribution >= 0.6 is 0 Å². The number of rotatable bonds is 8. The van der Waals surface area contributed by atoms with E-state index in [0.717, 1.165) is 24.1 Å². The highest BCUT2D eigenvalue weighted by molar-refractivity contribution is 5.61. The van der Waals surface area contributed by atoms with E-state index in [0.29, 0.717) is 17.9 Å². The summed E-state index contributed by atoms with van der Waals surface area (Å²) in [7, 11) is 0. The van der Waals surface area contributed by atoms with Crippen molar-refractivity contribution < 1.29 is 8.78 Å². The molecule has 0 aliphatic heterocycles. The first-order valence-corrected chi connectivity index (χ1v) is 9.03. The summed E-state index contributed by atoms with van der Waals surface area (Å²) >= 11 is 0. The number of aryl methyl sites for hydroxylation is 1. The Balaban J connectivity index is 1.81. The lowest BCUT2D eigenvalue weighted by Gasteiger charge is -2.13. The zero-order valence-electron chi connectivity index (χ0n) is 15.3. The molecule has 1 N–H and O–H groups in total. The van der Waals surface area contributed by atoms with Crippen molar-refractivity contribution >= 4 is 5.70 Å². The first-order valence-electron chi connectivity index (χ1n) is 9.03. The van der Waals surface area contributed by atoms with Crippen molar-refractivity contribution in [2.24, 2.45) is 0 Å². The molecule has 0 saturated carbocycles. The molecule has 0 aliphatic carbocycles. The predicted molar refractivity (Wildman–Crippen MR) is 105 cm³/mol. The van der Waals surface area contributed by atoms with E-state index in [1.165, 1.54) is 11.6 Å². The summed E-state index contributed by atoms with van der Waals surface area (Å²) in [6, 6.07) is 19.2. The van der Waals surface area contributed by atoms with E-state index in [2.05, 4.69) is 36.1 Å². The third kappa shape index (κ3) is 4.61. The molecule has 0 bridgehead atoms. The number of aromatic nitrogens is 2. The quantitative estimate of drug-likeness (QED) is 0.595. The lowest BCUT2D eigenvalue weighted by atomic mass is 10.1. The SMILES string of the molecule is C=C(NCCc1ccccc1)c1cc(C(F)F)nn1-c1cccc(CC)c1. The van der Waals surface area contributed by atoms with Crippen LogP contribution in [-0.4, -0.2) is 16.3 Å². The first kappa shape index (κ1) is 18.8. The third-order valence-corrected chi connectivity index (χ3v) is 4.42.